The van der Waals surface area contributed by atoms with Gasteiger partial charge >= 0.3 is 0 Å². The summed E-state index contributed by atoms with van der Waals surface area (Å²) >= 11 is 7.35. The average molecular weight is 344 g/mol. The Morgan fingerprint density at radius 2 is 1.78 bits per heavy atom. The van der Waals surface area contributed by atoms with E-state index in [0.717, 1.165) is 16.9 Å². The summed E-state index contributed by atoms with van der Waals surface area (Å²) in [6, 6.07) is 11.4. The van der Waals surface area contributed by atoms with Gasteiger partial charge in [0.15, 0.2) is 5.16 Å². The van der Waals surface area contributed by atoms with Crippen molar-refractivity contribution in [2.75, 3.05) is 0 Å². The third kappa shape index (κ3) is 4.43. The second-order valence-electron chi connectivity index (χ2n) is 4.99. The van der Waals surface area contributed by atoms with Gasteiger partial charge in [-0.15, -0.1) is 0 Å². The molecule has 0 aliphatic rings. The number of aromatic nitrogens is 3. The molecule has 3 rings (SSSR count). The maximum absolute atomic E-state index is 12.2. The fourth-order valence-electron chi connectivity index (χ4n) is 2.06. The SMILES string of the molecule is O=c1[nH]c(SCc2ccc(Cl)cc2)ncc1Cc1ccncc1. The van der Waals surface area contributed by atoms with Crippen LogP contribution < -0.4 is 5.56 Å². The zero-order valence-electron chi connectivity index (χ0n) is 12.2. The Kier molecular flexibility index (Phi) is 5.10. The Morgan fingerprint density at radius 1 is 1.04 bits per heavy atom. The van der Waals surface area contributed by atoms with Crippen molar-refractivity contribution in [1.82, 2.24) is 15.0 Å². The van der Waals surface area contributed by atoms with E-state index in [0.29, 0.717) is 22.2 Å². The second-order valence-corrected chi connectivity index (χ2v) is 6.39. The molecule has 6 heteroatoms. The predicted octanol–water partition coefficient (Wildman–Crippen LogP) is 3.70. The van der Waals surface area contributed by atoms with Crippen molar-refractivity contribution < 1.29 is 0 Å². The first-order chi connectivity index (χ1) is 11.2. The largest absolute Gasteiger partial charge is 0.301 e. The number of pyridine rings is 1. The number of benzene rings is 1. The molecule has 0 saturated carbocycles. The number of H-pyrrole nitrogens is 1. The molecule has 0 amide bonds. The molecule has 0 fully saturated rings. The molecule has 1 aromatic carbocycles. The van der Waals surface area contributed by atoms with Gasteiger partial charge in [0.1, 0.15) is 0 Å². The predicted molar refractivity (Wildman–Crippen MR) is 92.9 cm³/mol. The summed E-state index contributed by atoms with van der Waals surface area (Å²) in [4.78, 5) is 23.3. The summed E-state index contributed by atoms with van der Waals surface area (Å²) in [7, 11) is 0. The van der Waals surface area contributed by atoms with Gasteiger partial charge in [0.2, 0.25) is 0 Å². The van der Waals surface area contributed by atoms with E-state index >= 15 is 0 Å². The van der Waals surface area contributed by atoms with Crippen molar-refractivity contribution in [2.24, 2.45) is 0 Å². The van der Waals surface area contributed by atoms with Gasteiger partial charge in [-0.05, 0) is 35.4 Å². The monoisotopic (exact) mass is 343 g/mol. The Hall–Kier alpha value is -2.11. The first-order valence-electron chi connectivity index (χ1n) is 7.05. The lowest BCUT2D eigenvalue weighted by atomic mass is 10.1. The molecule has 116 valence electrons. The fraction of sp³-hybridized carbons (Fsp3) is 0.118. The van der Waals surface area contributed by atoms with E-state index in [-0.39, 0.29) is 5.56 Å². The van der Waals surface area contributed by atoms with E-state index in [1.807, 2.05) is 36.4 Å². The number of rotatable bonds is 5. The highest BCUT2D eigenvalue weighted by molar-refractivity contribution is 7.98. The third-order valence-electron chi connectivity index (χ3n) is 3.28. The lowest BCUT2D eigenvalue weighted by molar-refractivity contribution is 0.899. The Morgan fingerprint density at radius 3 is 2.48 bits per heavy atom. The molecular formula is C17H14ClN3OS. The van der Waals surface area contributed by atoms with Crippen LogP contribution in [0.4, 0.5) is 0 Å². The molecule has 0 atom stereocenters. The van der Waals surface area contributed by atoms with Crippen LogP contribution in [0.25, 0.3) is 0 Å². The minimum absolute atomic E-state index is 0.101. The van der Waals surface area contributed by atoms with Crippen LogP contribution in [0.1, 0.15) is 16.7 Å². The van der Waals surface area contributed by atoms with E-state index < -0.39 is 0 Å². The van der Waals surface area contributed by atoms with Gasteiger partial charge < -0.3 is 4.98 Å². The van der Waals surface area contributed by atoms with Crippen molar-refractivity contribution in [3.63, 3.8) is 0 Å². The molecule has 2 heterocycles. The van der Waals surface area contributed by atoms with Gasteiger partial charge in [0.25, 0.3) is 5.56 Å². The highest BCUT2D eigenvalue weighted by Gasteiger charge is 2.05. The van der Waals surface area contributed by atoms with Crippen molar-refractivity contribution >= 4 is 23.4 Å². The van der Waals surface area contributed by atoms with Crippen LogP contribution in [0, 0.1) is 0 Å². The molecule has 3 aromatic rings. The summed E-state index contributed by atoms with van der Waals surface area (Å²) < 4.78 is 0. The van der Waals surface area contributed by atoms with Crippen molar-refractivity contribution in [2.45, 2.75) is 17.3 Å². The van der Waals surface area contributed by atoms with Crippen molar-refractivity contribution in [3.05, 3.63) is 87.1 Å². The molecule has 0 aliphatic heterocycles. The number of nitrogens with zero attached hydrogens (tertiary/aromatic N) is 2. The molecule has 2 aromatic heterocycles. The van der Waals surface area contributed by atoms with Gasteiger partial charge in [0.05, 0.1) is 0 Å². The van der Waals surface area contributed by atoms with Crippen LogP contribution in [-0.2, 0) is 12.2 Å². The third-order valence-corrected chi connectivity index (χ3v) is 4.49. The Balaban J connectivity index is 1.67. The molecule has 0 radical (unpaired) electrons. The standard InChI is InChI=1S/C17H14ClN3OS/c18-15-3-1-13(2-4-15)11-23-17-20-10-14(16(22)21-17)9-12-5-7-19-8-6-12/h1-8,10H,9,11H2,(H,20,21,22). The minimum Gasteiger partial charge on any atom is -0.301 e. The molecule has 0 bridgehead atoms. The Labute approximate surface area is 143 Å². The summed E-state index contributed by atoms with van der Waals surface area (Å²) in [5.74, 6) is 0.726. The first kappa shape index (κ1) is 15.8. The summed E-state index contributed by atoms with van der Waals surface area (Å²) in [6.07, 6.45) is 5.62. The van der Waals surface area contributed by atoms with Gasteiger partial charge in [-0.1, -0.05) is 35.5 Å². The highest BCUT2D eigenvalue weighted by atomic mass is 35.5. The smallest absolute Gasteiger partial charge is 0.255 e. The Bertz CT molecular complexity index is 834. The van der Waals surface area contributed by atoms with E-state index in [1.54, 1.807) is 18.6 Å². The van der Waals surface area contributed by atoms with Gasteiger partial charge in [-0.2, -0.15) is 0 Å². The summed E-state index contributed by atoms with van der Waals surface area (Å²) in [6.45, 7) is 0. The number of aromatic amines is 1. The topological polar surface area (TPSA) is 58.6 Å². The first-order valence-corrected chi connectivity index (χ1v) is 8.41. The number of hydrogen-bond donors (Lipinski definition) is 1. The molecule has 0 spiro atoms. The highest BCUT2D eigenvalue weighted by Crippen LogP contribution is 2.19. The van der Waals surface area contributed by atoms with E-state index in [4.69, 9.17) is 11.6 Å². The summed E-state index contributed by atoms with van der Waals surface area (Å²) in [5, 5.41) is 1.33. The van der Waals surface area contributed by atoms with Gasteiger partial charge in [-0.25, -0.2) is 4.98 Å². The molecule has 0 unspecified atom stereocenters. The lowest BCUT2D eigenvalue weighted by Crippen LogP contribution is -2.14. The number of halogens is 1. The van der Waals surface area contributed by atoms with E-state index in [1.165, 1.54) is 11.8 Å². The quantitative estimate of drug-likeness (QED) is 0.567. The average Bonchev–Trinajstić information content (AvgIpc) is 2.57. The van der Waals surface area contributed by atoms with Crippen molar-refractivity contribution in [3.8, 4) is 0 Å². The zero-order chi connectivity index (χ0) is 16.1. The van der Waals surface area contributed by atoms with Crippen molar-refractivity contribution in [1.29, 1.82) is 0 Å². The zero-order valence-corrected chi connectivity index (χ0v) is 13.8. The van der Waals surface area contributed by atoms with E-state index in [2.05, 4.69) is 15.0 Å². The minimum atomic E-state index is -0.101. The number of nitrogens with one attached hydrogen (secondary N) is 1. The van der Waals surface area contributed by atoms with Gasteiger partial charge in [-0.3, -0.25) is 9.78 Å². The lowest BCUT2D eigenvalue weighted by Gasteiger charge is -2.04. The summed E-state index contributed by atoms with van der Waals surface area (Å²) in [5.41, 5.74) is 2.71. The van der Waals surface area contributed by atoms with Crippen LogP contribution >= 0.6 is 23.4 Å². The number of hydrogen-bond acceptors (Lipinski definition) is 4. The maximum Gasteiger partial charge on any atom is 0.255 e. The molecule has 1 N–H and O–H groups in total. The second kappa shape index (κ2) is 7.44. The molecular weight excluding hydrogens is 330 g/mol. The van der Waals surface area contributed by atoms with E-state index in [9.17, 15) is 4.79 Å². The normalized spacial score (nSPS) is 10.7. The molecule has 23 heavy (non-hydrogen) atoms. The fourth-order valence-corrected chi connectivity index (χ4v) is 2.97. The van der Waals surface area contributed by atoms with Crippen LogP contribution in [0.15, 0.2) is 64.9 Å². The van der Waals surface area contributed by atoms with Crippen LogP contribution in [-0.4, -0.2) is 15.0 Å². The molecule has 0 saturated heterocycles. The van der Waals surface area contributed by atoms with Crippen LogP contribution in [0.5, 0.6) is 0 Å². The van der Waals surface area contributed by atoms with Gasteiger partial charge in [0, 0.05) is 41.4 Å². The van der Waals surface area contributed by atoms with Crippen LogP contribution in [0.3, 0.4) is 0 Å². The molecule has 4 nitrogen and oxygen atoms in total. The molecule has 0 aliphatic carbocycles. The van der Waals surface area contributed by atoms with Crippen LogP contribution in [0.2, 0.25) is 5.02 Å². The maximum atomic E-state index is 12.2. The number of thioether (sulfide) groups is 1.